The van der Waals surface area contributed by atoms with Gasteiger partial charge < -0.3 is 5.32 Å². The van der Waals surface area contributed by atoms with E-state index in [1.807, 2.05) is 13.1 Å². The molecule has 0 aliphatic heterocycles. The standard InChI is InChI=1S/C13H21N3/c1-3-8-14-12-6-4-5-7-13-11(12)9-15-10(2)16-13/h9,12,14H,3-8H2,1-2H3. The minimum absolute atomic E-state index is 0.470. The lowest BCUT2D eigenvalue weighted by Gasteiger charge is -2.18. The molecular weight excluding hydrogens is 198 g/mol. The van der Waals surface area contributed by atoms with Crippen LogP contribution in [0.4, 0.5) is 0 Å². The van der Waals surface area contributed by atoms with E-state index in [0.717, 1.165) is 18.8 Å². The summed E-state index contributed by atoms with van der Waals surface area (Å²) in [6, 6.07) is 0.470. The average molecular weight is 219 g/mol. The zero-order valence-corrected chi connectivity index (χ0v) is 10.3. The maximum atomic E-state index is 4.58. The van der Waals surface area contributed by atoms with Crippen LogP contribution in [0.2, 0.25) is 0 Å². The molecule has 0 saturated carbocycles. The van der Waals surface area contributed by atoms with Crippen molar-refractivity contribution < 1.29 is 0 Å². The Balaban J connectivity index is 2.22. The third kappa shape index (κ3) is 2.59. The molecule has 3 heteroatoms. The van der Waals surface area contributed by atoms with Gasteiger partial charge in [0.05, 0.1) is 0 Å². The van der Waals surface area contributed by atoms with Crippen molar-refractivity contribution in [2.24, 2.45) is 0 Å². The maximum absolute atomic E-state index is 4.58. The van der Waals surface area contributed by atoms with Gasteiger partial charge >= 0.3 is 0 Å². The zero-order valence-electron chi connectivity index (χ0n) is 10.3. The highest BCUT2D eigenvalue weighted by atomic mass is 14.9. The van der Waals surface area contributed by atoms with Crippen molar-refractivity contribution in [1.82, 2.24) is 15.3 Å². The summed E-state index contributed by atoms with van der Waals surface area (Å²) in [4.78, 5) is 8.92. The minimum Gasteiger partial charge on any atom is -0.310 e. The van der Waals surface area contributed by atoms with Crippen LogP contribution in [-0.2, 0) is 6.42 Å². The third-order valence-electron chi connectivity index (χ3n) is 3.19. The van der Waals surface area contributed by atoms with Crippen LogP contribution in [0.1, 0.15) is 55.7 Å². The Morgan fingerprint density at radius 3 is 3.12 bits per heavy atom. The van der Waals surface area contributed by atoms with E-state index >= 15 is 0 Å². The molecule has 2 rings (SSSR count). The van der Waals surface area contributed by atoms with Gasteiger partial charge in [-0.3, -0.25) is 0 Å². The lowest BCUT2D eigenvalue weighted by molar-refractivity contribution is 0.488. The molecule has 0 aromatic carbocycles. The van der Waals surface area contributed by atoms with Crippen LogP contribution in [-0.4, -0.2) is 16.5 Å². The second-order valence-electron chi connectivity index (χ2n) is 4.57. The summed E-state index contributed by atoms with van der Waals surface area (Å²) >= 11 is 0. The topological polar surface area (TPSA) is 37.8 Å². The number of aryl methyl sites for hydroxylation is 2. The molecule has 1 N–H and O–H groups in total. The van der Waals surface area contributed by atoms with E-state index in [1.165, 1.54) is 36.9 Å². The molecule has 0 amide bonds. The molecule has 0 radical (unpaired) electrons. The molecule has 0 bridgehead atoms. The highest BCUT2D eigenvalue weighted by Crippen LogP contribution is 2.26. The van der Waals surface area contributed by atoms with Gasteiger partial charge in [-0.05, 0) is 39.2 Å². The number of hydrogen-bond donors (Lipinski definition) is 1. The Kier molecular flexibility index (Phi) is 3.88. The fourth-order valence-electron chi connectivity index (χ4n) is 2.34. The van der Waals surface area contributed by atoms with E-state index in [-0.39, 0.29) is 0 Å². The van der Waals surface area contributed by atoms with Gasteiger partial charge in [-0.2, -0.15) is 0 Å². The van der Waals surface area contributed by atoms with Crippen LogP contribution < -0.4 is 5.32 Å². The van der Waals surface area contributed by atoms with Crippen molar-refractivity contribution in [3.8, 4) is 0 Å². The molecule has 1 atom stereocenters. The number of fused-ring (bicyclic) bond motifs is 1. The summed E-state index contributed by atoms with van der Waals surface area (Å²) in [5.41, 5.74) is 2.59. The van der Waals surface area contributed by atoms with E-state index in [1.54, 1.807) is 0 Å². The zero-order chi connectivity index (χ0) is 11.4. The summed E-state index contributed by atoms with van der Waals surface area (Å²) in [5.74, 6) is 0.898. The van der Waals surface area contributed by atoms with Gasteiger partial charge in [-0.25, -0.2) is 9.97 Å². The fraction of sp³-hybridized carbons (Fsp3) is 0.692. The second kappa shape index (κ2) is 5.39. The first-order valence-electron chi connectivity index (χ1n) is 6.37. The number of hydrogen-bond acceptors (Lipinski definition) is 3. The van der Waals surface area contributed by atoms with Crippen molar-refractivity contribution >= 4 is 0 Å². The van der Waals surface area contributed by atoms with Crippen LogP contribution in [0.15, 0.2) is 6.20 Å². The molecule has 88 valence electrons. The summed E-state index contributed by atoms with van der Waals surface area (Å²) in [5, 5.41) is 3.61. The largest absolute Gasteiger partial charge is 0.310 e. The SMILES string of the molecule is CCCNC1CCCCc2nc(C)ncc21. The van der Waals surface area contributed by atoms with Gasteiger partial charge in [0.25, 0.3) is 0 Å². The highest BCUT2D eigenvalue weighted by molar-refractivity contribution is 5.23. The van der Waals surface area contributed by atoms with E-state index < -0.39 is 0 Å². The average Bonchev–Trinajstić information content (AvgIpc) is 2.48. The summed E-state index contributed by atoms with van der Waals surface area (Å²) in [6.07, 6.45) is 8.09. The molecule has 16 heavy (non-hydrogen) atoms. The van der Waals surface area contributed by atoms with Crippen molar-refractivity contribution in [2.75, 3.05) is 6.54 Å². The van der Waals surface area contributed by atoms with Gasteiger partial charge in [-0.1, -0.05) is 13.3 Å². The highest BCUT2D eigenvalue weighted by Gasteiger charge is 2.19. The van der Waals surface area contributed by atoms with Crippen molar-refractivity contribution in [3.63, 3.8) is 0 Å². The molecule has 1 aromatic heterocycles. The van der Waals surface area contributed by atoms with E-state index in [0.29, 0.717) is 6.04 Å². The Bertz CT molecular complexity index is 349. The summed E-state index contributed by atoms with van der Waals surface area (Å²) < 4.78 is 0. The van der Waals surface area contributed by atoms with Gasteiger partial charge in [0, 0.05) is 23.5 Å². The van der Waals surface area contributed by atoms with E-state index in [4.69, 9.17) is 0 Å². The fourth-order valence-corrected chi connectivity index (χ4v) is 2.34. The lowest BCUT2D eigenvalue weighted by Crippen LogP contribution is -2.23. The predicted molar refractivity (Wildman–Crippen MR) is 65.4 cm³/mol. The Morgan fingerprint density at radius 2 is 2.31 bits per heavy atom. The van der Waals surface area contributed by atoms with Crippen LogP contribution in [0, 0.1) is 6.92 Å². The molecule has 0 saturated heterocycles. The van der Waals surface area contributed by atoms with Gasteiger partial charge in [0.2, 0.25) is 0 Å². The van der Waals surface area contributed by atoms with E-state index in [2.05, 4.69) is 22.2 Å². The molecule has 0 spiro atoms. The lowest BCUT2D eigenvalue weighted by atomic mass is 10.0. The van der Waals surface area contributed by atoms with Crippen molar-refractivity contribution in [1.29, 1.82) is 0 Å². The monoisotopic (exact) mass is 219 g/mol. The predicted octanol–water partition coefficient (Wildman–Crippen LogP) is 2.55. The summed E-state index contributed by atoms with van der Waals surface area (Å²) in [6.45, 7) is 5.26. The number of aromatic nitrogens is 2. The molecule has 1 aliphatic carbocycles. The van der Waals surface area contributed by atoms with Crippen LogP contribution >= 0.6 is 0 Å². The maximum Gasteiger partial charge on any atom is 0.125 e. The molecule has 1 unspecified atom stereocenters. The molecule has 3 nitrogen and oxygen atoms in total. The Hall–Kier alpha value is -0.960. The summed E-state index contributed by atoms with van der Waals surface area (Å²) in [7, 11) is 0. The quantitative estimate of drug-likeness (QED) is 0.794. The third-order valence-corrected chi connectivity index (χ3v) is 3.19. The molecule has 0 fully saturated rings. The minimum atomic E-state index is 0.470. The van der Waals surface area contributed by atoms with Crippen molar-refractivity contribution in [3.05, 3.63) is 23.3 Å². The number of nitrogens with zero attached hydrogens (tertiary/aromatic N) is 2. The number of nitrogens with one attached hydrogen (secondary N) is 1. The van der Waals surface area contributed by atoms with Gasteiger partial charge in [0.1, 0.15) is 5.82 Å². The second-order valence-corrected chi connectivity index (χ2v) is 4.57. The Morgan fingerprint density at radius 1 is 1.44 bits per heavy atom. The normalized spacial score (nSPS) is 20.2. The molecule has 1 heterocycles. The first-order chi connectivity index (χ1) is 7.81. The van der Waals surface area contributed by atoms with E-state index in [9.17, 15) is 0 Å². The number of rotatable bonds is 3. The molecule has 1 aliphatic rings. The first kappa shape index (κ1) is 11.5. The van der Waals surface area contributed by atoms with Gasteiger partial charge in [0.15, 0.2) is 0 Å². The smallest absolute Gasteiger partial charge is 0.125 e. The molecule has 1 aromatic rings. The van der Waals surface area contributed by atoms with Crippen molar-refractivity contribution in [2.45, 2.75) is 52.0 Å². The van der Waals surface area contributed by atoms with Crippen LogP contribution in [0.5, 0.6) is 0 Å². The van der Waals surface area contributed by atoms with Crippen LogP contribution in [0.25, 0.3) is 0 Å². The van der Waals surface area contributed by atoms with Crippen LogP contribution in [0.3, 0.4) is 0 Å². The molecular formula is C13H21N3. The first-order valence-corrected chi connectivity index (χ1v) is 6.37. The van der Waals surface area contributed by atoms with Gasteiger partial charge in [-0.15, -0.1) is 0 Å². The Labute approximate surface area is 97.7 Å².